The Morgan fingerprint density at radius 2 is 2.38 bits per heavy atom. The van der Waals surface area contributed by atoms with E-state index in [0.29, 0.717) is 0 Å². The minimum Gasteiger partial charge on any atom is -0.397 e. The molecule has 2 N–H and O–H groups in total. The first-order chi connectivity index (χ1) is 7.70. The number of aromatic nitrogens is 1. The van der Waals surface area contributed by atoms with Crippen molar-refractivity contribution in [3.05, 3.63) is 17.8 Å². The molecule has 0 aromatic carbocycles. The maximum Gasteiger partial charge on any atom is 0.131 e. The van der Waals surface area contributed by atoms with E-state index in [2.05, 4.69) is 23.7 Å². The van der Waals surface area contributed by atoms with Crippen LogP contribution in [-0.2, 0) is 0 Å². The SMILES string of the molecule is CC[C@H]1CCCN(c2ncc(N)cc2C)C1. The first kappa shape index (κ1) is 11.2. The molecule has 3 nitrogen and oxygen atoms in total. The summed E-state index contributed by atoms with van der Waals surface area (Å²) in [5.41, 5.74) is 7.68. The van der Waals surface area contributed by atoms with E-state index in [1.54, 1.807) is 6.20 Å². The molecule has 1 fully saturated rings. The van der Waals surface area contributed by atoms with Crippen molar-refractivity contribution in [2.24, 2.45) is 5.92 Å². The molecule has 16 heavy (non-hydrogen) atoms. The Balaban J connectivity index is 2.16. The number of aryl methyl sites for hydroxylation is 1. The van der Waals surface area contributed by atoms with Gasteiger partial charge >= 0.3 is 0 Å². The van der Waals surface area contributed by atoms with Crippen molar-refractivity contribution in [2.75, 3.05) is 23.7 Å². The van der Waals surface area contributed by atoms with E-state index in [0.717, 1.165) is 30.5 Å². The summed E-state index contributed by atoms with van der Waals surface area (Å²) in [6.45, 7) is 6.65. The van der Waals surface area contributed by atoms with Gasteiger partial charge in [0.25, 0.3) is 0 Å². The fraction of sp³-hybridized carbons (Fsp3) is 0.615. The Kier molecular flexibility index (Phi) is 3.32. The van der Waals surface area contributed by atoms with Crippen LogP contribution in [-0.4, -0.2) is 18.1 Å². The van der Waals surface area contributed by atoms with Crippen molar-refractivity contribution in [1.29, 1.82) is 0 Å². The van der Waals surface area contributed by atoms with Crippen LogP contribution >= 0.6 is 0 Å². The van der Waals surface area contributed by atoms with Crippen LogP contribution in [0.1, 0.15) is 31.7 Å². The molecule has 0 aliphatic carbocycles. The largest absolute Gasteiger partial charge is 0.397 e. The van der Waals surface area contributed by atoms with Crippen LogP contribution in [0.3, 0.4) is 0 Å². The number of hydrogen-bond donors (Lipinski definition) is 1. The van der Waals surface area contributed by atoms with Crippen molar-refractivity contribution in [2.45, 2.75) is 33.1 Å². The third-order valence-corrected chi connectivity index (χ3v) is 3.47. The van der Waals surface area contributed by atoms with E-state index >= 15 is 0 Å². The zero-order valence-corrected chi connectivity index (χ0v) is 10.2. The predicted octanol–water partition coefficient (Wildman–Crippen LogP) is 2.60. The maximum atomic E-state index is 5.73. The molecule has 0 saturated carbocycles. The van der Waals surface area contributed by atoms with Crippen LogP contribution < -0.4 is 10.6 Å². The van der Waals surface area contributed by atoms with Crippen molar-refractivity contribution in [3.63, 3.8) is 0 Å². The maximum absolute atomic E-state index is 5.73. The van der Waals surface area contributed by atoms with Gasteiger partial charge in [-0.05, 0) is 37.3 Å². The fourth-order valence-electron chi connectivity index (χ4n) is 2.51. The molecule has 1 saturated heterocycles. The van der Waals surface area contributed by atoms with Crippen molar-refractivity contribution in [1.82, 2.24) is 4.98 Å². The molecule has 2 rings (SSSR count). The third kappa shape index (κ3) is 2.29. The molecule has 3 heteroatoms. The molecule has 1 aromatic rings. The highest BCUT2D eigenvalue weighted by atomic mass is 15.2. The van der Waals surface area contributed by atoms with Gasteiger partial charge in [-0.1, -0.05) is 13.3 Å². The molecule has 0 amide bonds. The topological polar surface area (TPSA) is 42.2 Å². The van der Waals surface area contributed by atoms with Gasteiger partial charge < -0.3 is 10.6 Å². The molecule has 1 atom stereocenters. The summed E-state index contributed by atoms with van der Waals surface area (Å²) in [5, 5.41) is 0. The highest BCUT2D eigenvalue weighted by Crippen LogP contribution is 2.26. The average molecular weight is 219 g/mol. The first-order valence-corrected chi connectivity index (χ1v) is 6.17. The Labute approximate surface area is 97.7 Å². The van der Waals surface area contributed by atoms with E-state index < -0.39 is 0 Å². The lowest BCUT2D eigenvalue weighted by Gasteiger charge is -2.34. The van der Waals surface area contributed by atoms with E-state index in [4.69, 9.17) is 5.73 Å². The number of anilines is 2. The predicted molar refractivity (Wildman–Crippen MR) is 68.6 cm³/mol. The van der Waals surface area contributed by atoms with Gasteiger partial charge in [0.1, 0.15) is 5.82 Å². The van der Waals surface area contributed by atoms with Crippen molar-refractivity contribution >= 4 is 11.5 Å². The normalized spacial score (nSPS) is 21.1. The molecule has 0 unspecified atom stereocenters. The molecule has 88 valence electrons. The molecular weight excluding hydrogens is 198 g/mol. The van der Waals surface area contributed by atoms with Gasteiger partial charge in [0.15, 0.2) is 0 Å². The van der Waals surface area contributed by atoms with Crippen LogP contribution in [0.5, 0.6) is 0 Å². The number of hydrogen-bond acceptors (Lipinski definition) is 3. The number of pyridine rings is 1. The van der Waals surface area contributed by atoms with Crippen LogP contribution in [0.25, 0.3) is 0 Å². The Bertz CT molecular complexity index is 362. The summed E-state index contributed by atoms with van der Waals surface area (Å²) in [4.78, 5) is 6.88. The summed E-state index contributed by atoms with van der Waals surface area (Å²) in [7, 11) is 0. The van der Waals surface area contributed by atoms with E-state index in [1.165, 1.54) is 24.8 Å². The standard InChI is InChI=1S/C13H21N3/c1-3-11-5-4-6-16(9-11)13-10(2)7-12(14)8-15-13/h7-8,11H,3-6,9,14H2,1-2H3/t11-/m0/s1. The average Bonchev–Trinajstić information content (AvgIpc) is 2.29. The Hall–Kier alpha value is -1.25. The fourth-order valence-corrected chi connectivity index (χ4v) is 2.51. The molecule has 1 aliphatic heterocycles. The van der Waals surface area contributed by atoms with Gasteiger partial charge in [-0.25, -0.2) is 4.98 Å². The summed E-state index contributed by atoms with van der Waals surface area (Å²) in [5.74, 6) is 1.94. The van der Waals surface area contributed by atoms with Crippen molar-refractivity contribution < 1.29 is 0 Å². The Morgan fingerprint density at radius 1 is 1.56 bits per heavy atom. The zero-order valence-electron chi connectivity index (χ0n) is 10.2. The quantitative estimate of drug-likeness (QED) is 0.831. The number of nitrogen functional groups attached to an aromatic ring is 1. The molecule has 0 spiro atoms. The first-order valence-electron chi connectivity index (χ1n) is 6.17. The molecule has 0 bridgehead atoms. The minimum absolute atomic E-state index is 0.755. The lowest BCUT2D eigenvalue weighted by molar-refractivity contribution is 0.402. The van der Waals surface area contributed by atoms with Gasteiger partial charge in [-0.3, -0.25) is 0 Å². The number of piperidine rings is 1. The van der Waals surface area contributed by atoms with E-state index in [-0.39, 0.29) is 0 Å². The van der Waals surface area contributed by atoms with E-state index in [1.807, 2.05) is 6.07 Å². The van der Waals surface area contributed by atoms with Crippen LogP contribution in [0.2, 0.25) is 0 Å². The van der Waals surface area contributed by atoms with Gasteiger partial charge in [0, 0.05) is 13.1 Å². The highest BCUT2D eigenvalue weighted by Gasteiger charge is 2.20. The van der Waals surface area contributed by atoms with Crippen molar-refractivity contribution in [3.8, 4) is 0 Å². The number of nitrogens with two attached hydrogens (primary N) is 1. The lowest BCUT2D eigenvalue weighted by atomic mass is 9.95. The summed E-state index contributed by atoms with van der Waals surface area (Å²) >= 11 is 0. The van der Waals surface area contributed by atoms with E-state index in [9.17, 15) is 0 Å². The number of nitrogens with zero attached hydrogens (tertiary/aromatic N) is 2. The molecule has 1 aliphatic rings. The molecule has 0 radical (unpaired) electrons. The summed E-state index contributed by atoms with van der Waals surface area (Å²) in [6, 6.07) is 2.01. The van der Waals surface area contributed by atoms with Crippen LogP contribution in [0.15, 0.2) is 12.3 Å². The number of rotatable bonds is 2. The third-order valence-electron chi connectivity index (χ3n) is 3.47. The second-order valence-corrected chi connectivity index (χ2v) is 4.77. The zero-order chi connectivity index (χ0) is 11.5. The second-order valence-electron chi connectivity index (χ2n) is 4.77. The van der Waals surface area contributed by atoms with Gasteiger partial charge in [-0.15, -0.1) is 0 Å². The van der Waals surface area contributed by atoms with Crippen LogP contribution in [0.4, 0.5) is 11.5 Å². The molecule has 2 heterocycles. The van der Waals surface area contributed by atoms with Gasteiger partial charge in [0.2, 0.25) is 0 Å². The molecular formula is C13H21N3. The lowest BCUT2D eigenvalue weighted by Crippen LogP contribution is -2.36. The second kappa shape index (κ2) is 4.73. The Morgan fingerprint density at radius 3 is 3.06 bits per heavy atom. The molecule has 1 aromatic heterocycles. The summed E-state index contributed by atoms with van der Waals surface area (Å²) in [6.07, 6.45) is 5.67. The minimum atomic E-state index is 0.755. The highest BCUT2D eigenvalue weighted by molar-refractivity contribution is 5.52. The summed E-state index contributed by atoms with van der Waals surface area (Å²) < 4.78 is 0. The van der Waals surface area contributed by atoms with Gasteiger partial charge in [-0.2, -0.15) is 0 Å². The van der Waals surface area contributed by atoms with Gasteiger partial charge in [0.05, 0.1) is 11.9 Å². The smallest absolute Gasteiger partial charge is 0.131 e. The van der Waals surface area contributed by atoms with Crippen LogP contribution in [0, 0.1) is 12.8 Å². The monoisotopic (exact) mass is 219 g/mol.